The number of hydrogen-bond acceptors (Lipinski definition) is 4. The van der Waals surface area contributed by atoms with Gasteiger partial charge in [-0.3, -0.25) is 9.78 Å². The number of carbonyl (C=O) groups is 1. The van der Waals surface area contributed by atoms with Crippen LogP contribution >= 0.6 is 0 Å². The van der Waals surface area contributed by atoms with Crippen molar-refractivity contribution in [3.05, 3.63) is 29.6 Å². The lowest BCUT2D eigenvalue weighted by Gasteiger charge is -2.22. The van der Waals surface area contributed by atoms with Crippen LogP contribution in [-0.4, -0.2) is 41.3 Å². The average molecular weight is 313 g/mol. The highest BCUT2D eigenvalue weighted by atomic mass is 19.4. The largest absolute Gasteiger partial charge is 0.473 e. The molecule has 0 saturated carbocycles. The van der Waals surface area contributed by atoms with E-state index in [1.54, 1.807) is 4.90 Å². The summed E-state index contributed by atoms with van der Waals surface area (Å²) in [4.78, 5) is 21.5. The second kappa shape index (κ2) is 5.58. The minimum absolute atomic E-state index is 0.156. The van der Waals surface area contributed by atoms with Gasteiger partial charge in [0.25, 0.3) is 5.91 Å². The van der Waals surface area contributed by atoms with E-state index in [1.165, 1.54) is 12.5 Å². The molecule has 1 amide bonds. The zero-order chi connectivity index (χ0) is 15.7. The summed E-state index contributed by atoms with van der Waals surface area (Å²) in [7, 11) is 0. The van der Waals surface area contributed by atoms with Crippen molar-refractivity contribution < 1.29 is 22.7 Å². The van der Waals surface area contributed by atoms with Crippen LogP contribution in [0.15, 0.2) is 23.3 Å². The van der Waals surface area contributed by atoms with Gasteiger partial charge in [0, 0.05) is 24.8 Å². The molecule has 5 nitrogen and oxygen atoms in total. The maximum atomic E-state index is 12.5. The Kier molecular flexibility index (Phi) is 3.76. The molecule has 1 aromatic rings. The summed E-state index contributed by atoms with van der Waals surface area (Å²) in [5, 5.41) is 0. The van der Waals surface area contributed by atoms with Crippen LogP contribution in [0.4, 0.5) is 13.2 Å². The van der Waals surface area contributed by atoms with E-state index in [0.717, 1.165) is 25.1 Å². The van der Waals surface area contributed by atoms with E-state index >= 15 is 0 Å². The second-order valence-electron chi connectivity index (χ2n) is 5.26. The molecule has 1 aromatic heterocycles. The van der Waals surface area contributed by atoms with Crippen molar-refractivity contribution >= 4 is 12.3 Å². The standard InChI is InChI=1S/C14H14F3N3O2/c15-14(16,17)10-4-3-9(7-18-10)12-11(19-8-22-12)13(21)20-5-1-2-6-20/h3-4,7-8,11-12H,1-2,5-6H2/t11-,12+/m0/s1. The highest BCUT2D eigenvalue weighted by Crippen LogP contribution is 2.31. The van der Waals surface area contributed by atoms with Crippen LogP contribution in [0.3, 0.4) is 0 Å². The van der Waals surface area contributed by atoms with Gasteiger partial charge in [0.05, 0.1) is 0 Å². The molecule has 22 heavy (non-hydrogen) atoms. The predicted octanol–water partition coefficient (Wildman–Crippen LogP) is 2.19. The van der Waals surface area contributed by atoms with Crippen LogP contribution in [0.2, 0.25) is 0 Å². The lowest BCUT2D eigenvalue weighted by molar-refractivity contribution is -0.141. The number of likely N-dealkylation sites (tertiary alicyclic amines) is 1. The highest BCUT2D eigenvalue weighted by Gasteiger charge is 2.38. The van der Waals surface area contributed by atoms with Crippen molar-refractivity contribution in [2.45, 2.75) is 31.2 Å². The van der Waals surface area contributed by atoms with E-state index in [-0.39, 0.29) is 5.91 Å². The van der Waals surface area contributed by atoms with E-state index < -0.39 is 24.0 Å². The third-order valence-electron chi connectivity index (χ3n) is 3.79. The number of alkyl halides is 3. The first-order valence-electron chi connectivity index (χ1n) is 6.96. The summed E-state index contributed by atoms with van der Waals surface area (Å²) in [6.07, 6.45) is -1.03. The highest BCUT2D eigenvalue weighted by molar-refractivity contribution is 5.85. The van der Waals surface area contributed by atoms with Gasteiger partial charge >= 0.3 is 6.18 Å². The topological polar surface area (TPSA) is 54.8 Å². The molecule has 0 aliphatic carbocycles. The fourth-order valence-electron chi connectivity index (χ4n) is 2.64. The van der Waals surface area contributed by atoms with Gasteiger partial charge < -0.3 is 9.64 Å². The minimum atomic E-state index is -4.49. The fourth-order valence-corrected chi connectivity index (χ4v) is 2.64. The molecule has 2 aliphatic heterocycles. The van der Waals surface area contributed by atoms with Gasteiger partial charge in [0.15, 0.2) is 18.5 Å². The predicted molar refractivity (Wildman–Crippen MR) is 71.2 cm³/mol. The monoisotopic (exact) mass is 313 g/mol. The Morgan fingerprint density at radius 1 is 1.27 bits per heavy atom. The Hall–Kier alpha value is -2.12. The van der Waals surface area contributed by atoms with Crippen LogP contribution < -0.4 is 0 Å². The molecule has 1 saturated heterocycles. The molecule has 8 heteroatoms. The summed E-state index contributed by atoms with van der Waals surface area (Å²) < 4.78 is 42.9. The lowest BCUT2D eigenvalue weighted by atomic mass is 10.0. The van der Waals surface area contributed by atoms with Crippen LogP contribution in [0, 0.1) is 0 Å². The summed E-state index contributed by atoms with van der Waals surface area (Å²) in [5.41, 5.74) is -0.569. The van der Waals surface area contributed by atoms with Crippen molar-refractivity contribution in [2.24, 2.45) is 4.99 Å². The summed E-state index contributed by atoms with van der Waals surface area (Å²) in [5.74, 6) is -0.156. The Morgan fingerprint density at radius 2 is 2.00 bits per heavy atom. The Labute approximate surface area is 124 Å². The normalized spacial score (nSPS) is 24.6. The molecule has 0 unspecified atom stereocenters. The molecule has 0 N–H and O–H groups in total. The number of aromatic nitrogens is 1. The number of pyridine rings is 1. The molecule has 118 valence electrons. The molecule has 0 bridgehead atoms. The first kappa shape index (κ1) is 14.8. The molecule has 3 heterocycles. The van der Waals surface area contributed by atoms with Crippen LogP contribution in [0.1, 0.15) is 30.2 Å². The second-order valence-corrected chi connectivity index (χ2v) is 5.26. The molecule has 2 aliphatic rings. The van der Waals surface area contributed by atoms with E-state index in [9.17, 15) is 18.0 Å². The number of ether oxygens (including phenoxy) is 1. The van der Waals surface area contributed by atoms with Crippen LogP contribution in [0.5, 0.6) is 0 Å². The third-order valence-corrected chi connectivity index (χ3v) is 3.79. The minimum Gasteiger partial charge on any atom is -0.473 e. The lowest BCUT2D eigenvalue weighted by Crippen LogP contribution is -2.38. The molecule has 1 fully saturated rings. The number of nitrogens with zero attached hydrogens (tertiary/aromatic N) is 3. The molecular weight excluding hydrogens is 299 g/mol. The fraction of sp³-hybridized carbons (Fsp3) is 0.500. The third kappa shape index (κ3) is 2.77. The van der Waals surface area contributed by atoms with E-state index in [1.807, 2.05) is 0 Å². The van der Waals surface area contributed by atoms with Gasteiger partial charge in [-0.25, -0.2) is 4.99 Å². The molecular formula is C14H14F3N3O2. The van der Waals surface area contributed by atoms with Gasteiger partial charge in [-0.2, -0.15) is 13.2 Å². The smallest absolute Gasteiger partial charge is 0.433 e. The van der Waals surface area contributed by atoms with Crippen molar-refractivity contribution in [3.8, 4) is 0 Å². The summed E-state index contributed by atoms with van der Waals surface area (Å²) >= 11 is 0. The van der Waals surface area contributed by atoms with Gasteiger partial charge in [0.1, 0.15) is 5.69 Å². The van der Waals surface area contributed by atoms with Crippen molar-refractivity contribution in [1.29, 1.82) is 0 Å². The zero-order valence-corrected chi connectivity index (χ0v) is 11.6. The average Bonchev–Trinajstić information content (AvgIpc) is 3.17. The molecule has 0 radical (unpaired) electrons. The number of carbonyl (C=O) groups excluding carboxylic acids is 1. The Bertz CT molecular complexity index is 580. The van der Waals surface area contributed by atoms with Gasteiger partial charge in [-0.15, -0.1) is 0 Å². The summed E-state index contributed by atoms with van der Waals surface area (Å²) in [6, 6.07) is 1.41. The first-order chi connectivity index (χ1) is 10.5. The SMILES string of the molecule is O=C([C@H]1N=CO[C@@H]1c1ccc(C(F)(F)F)nc1)N1CCCC1. The van der Waals surface area contributed by atoms with Crippen LogP contribution in [-0.2, 0) is 15.7 Å². The van der Waals surface area contributed by atoms with Gasteiger partial charge in [-0.1, -0.05) is 6.07 Å². The number of aliphatic imine (C=N–C) groups is 1. The molecule has 2 atom stereocenters. The molecule has 0 aromatic carbocycles. The van der Waals surface area contributed by atoms with Crippen molar-refractivity contribution in [2.75, 3.05) is 13.1 Å². The molecule has 0 spiro atoms. The van der Waals surface area contributed by atoms with Crippen molar-refractivity contribution in [3.63, 3.8) is 0 Å². The maximum absolute atomic E-state index is 12.5. The first-order valence-corrected chi connectivity index (χ1v) is 6.96. The van der Waals surface area contributed by atoms with Crippen molar-refractivity contribution in [1.82, 2.24) is 9.88 Å². The Morgan fingerprint density at radius 3 is 2.59 bits per heavy atom. The maximum Gasteiger partial charge on any atom is 0.433 e. The zero-order valence-electron chi connectivity index (χ0n) is 11.6. The van der Waals surface area contributed by atoms with E-state index in [0.29, 0.717) is 18.7 Å². The van der Waals surface area contributed by atoms with E-state index in [4.69, 9.17) is 4.74 Å². The summed E-state index contributed by atoms with van der Waals surface area (Å²) in [6.45, 7) is 1.37. The van der Waals surface area contributed by atoms with Crippen LogP contribution in [0.25, 0.3) is 0 Å². The quantitative estimate of drug-likeness (QED) is 0.841. The number of hydrogen-bond donors (Lipinski definition) is 0. The number of rotatable bonds is 2. The number of halogens is 3. The van der Waals surface area contributed by atoms with Gasteiger partial charge in [0.2, 0.25) is 0 Å². The van der Waals surface area contributed by atoms with Gasteiger partial charge in [-0.05, 0) is 18.9 Å². The number of amides is 1. The molecule has 3 rings (SSSR count). The Balaban J connectivity index is 1.77. The van der Waals surface area contributed by atoms with E-state index in [2.05, 4.69) is 9.98 Å².